The fourth-order valence-corrected chi connectivity index (χ4v) is 2.51. The summed E-state index contributed by atoms with van der Waals surface area (Å²) < 4.78 is 11.0. The summed E-state index contributed by atoms with van der Waals surface area (Å²) in [7, 11) is 1.80. The smallest absolute Gasteiger partial charge is 0.191 e. The lowest BCUT2D eigenvalue weighted by Gasteiger charge is -2.21. The average Bonchev–Trinajstić information content (AvgIpc) is 2.62. The van der Waals surface area contributed by atoms with Gasteiger partial charge in [0.25, 0.3) is 0 Å². The number of ether oxygens (including phenoxy) is 2. The van der Waals surface area contributed by atoms with Crippen LogP contribution >= 0.6 is 0 Å². The molecule has 0 aromatic rings. The van der Waals surface area contributed by atoms with Crippen LogP contribution in [0, 0.1) is 0 Å². The zero-order valence-electron chi connectivity index (χ0n) is 17.1. The molecule has 150 valence electrons. The van der Waals surface area contributed by atoms with Crippen molar-refractivity contribution < 1.29 is 9.47 Å². The summed E-state index contributed by atoms with van der Waals surface area (Å²) in [5.41, 5.74) is 0. The minimum atomic E-state index is 0.655. The molecular formula is C19H42N4O2. The zero-order chi connectivity index (χ0) is 18.6. The minimum absolute atomic E-state index is 0.655. The lowest BCUT2D eigenvalue weighted by atomic mass is 10.3. The van der Waals surface area contributed by atoms with Gasteiger partial charge < -0.3 is 25.0 Å². The van der Waals surface area contributed by atoms with Crippen molar-refractivity contribution in [2.24, 2.45) is 4.99 Å². The molecule has 0 aliphatic heterocycles. The molecule has 2 N–H and O–H groups in total. The number of hydrogen-bond acceptors (Lipinski definition) is 4. The lowest BCUT2D eigenvalue weighted by molar-refractivity contribution is 0.0487. The highest BCUT2D eigenvalue weighted by Gasteiger charge is 2.02. The van der Waals surface area contributed by atoms with Gasteiger partial charge in [-0.3, -0.25) is 4.99 Å². The predicted octanol–water partition coefficient (Wildman–Crippen LogP) is 2.50. The topological polar surface area (TPSA) is 58.1 Å². The van der Waals surface area contributed by atoms with Crippen molar-refractivity contribution >= 4 is 5.96 Å². The van der Waals surface area contributed by atoms with Gasteiger partial charge in [0, 0.05) is 26.7 Å². The van der Waals surface area contributed by atoms with Gasteiger partial charge in [-0.05, 0) is 45.3 Å². The van der Waals surface area contributed by atoms with Gasteiger partial charge in [0.15, 0.2) is 5.96 Å². The second kappa shape index (κ2) is 19.5. The van der Waals surface area contributed by atoms with Crippen molar-refractivity contribution in [3.63, 3.8) is 0 Å². The molecule has 0 heterocycles. The van der Waals surface area contributed by atoms with Crippen LogP contribution in [0.2, 0.25) is 0 Å². The fraction of sp³-hybridized carbons (Fsp3) is 0.947. The van der Waals surface area contributed by atoms with E-state index in [1.807, 2.05) is 0 Å². The third kappa shape index (κ3) is 16.4. The maximum Gasteiger partial charge on any atom is 0.191 e. The maximum absolute atomic E-state index is 5.54. The van der Waals surface area contributed by atoms with Crippen molar-refractivity contribution in [2.75, 3.05) is 66.2 Å². The molecule has 0 radical (unpaired) electrons. The summed E-state index contributed by atoms with van der Waals surface area (Å²) in [6, 6.07) is 0. The van der Waals surface area contributed by atoms with E-state index in [4.69, 9.17) is 9.47 Å². The predicted molar refractivity (Wildman–Crippen MR) is 108 cm³/mol. The Labute approximate surface area is 155 Å². The van der Waals surface area contributed by atoms with Crippen LogP contribution in [0.25, 0.3) is 0 Å². The van der Waals surface area contributed by atoms with Crippen molar-refractivity contribution in [1.82, 2.24) is 15.5 Å². The number of guanidine groups is 1. The largest absolute Gasteiger partial charge is 0.379 e. The molecule has 25 heavy (non-hydrogen) atoms. The van der Waals surface area contributed by atoms with Crippen LogP contribution in [-0.4, -0.2) is 77.1 Å². The molecule has 0 saturated heterocycles. The van der Waals surface area contributed by atoms with Crippen molar-refractivity contribution in [3.8, 4) is 0 Å². The molecule has 0 unspecified atom stereocenters. The SMILES string of the molecule is CCCCOCCOCCNC(=NC)NCCCN(CCC)CCC. The molecule has 0 fully saturated rings. The van der Waals surface area contributed by atoms with E-state index in [1.165, 1.54) is 32.4 Å². The van der Waals surface area contributed by atoms with Crippen LogP contribution in [0.15, 0.2) is 4.99 Å². The molecule has 0 bridgehead atoms. The minimum Gasteiger partial charge on any atom is -0.379 e. The first kappa shape index (κ1) is 24.1. The van der Waals surface area contributed by atoms with Gasteiger partial charge in [0.2, 0.25) is 0 Å². The van der Waals surface area contributed by atoms with E-state index in [0.29, 0.717) is 19.8 Å². The summed E-state index contributed by atoms with van der Waals surface area (Å²) >= 11 is 0. The molecule has 0 amide bonds. The summed E-state index contributed by atoms with van der Waals surface area (Å²) in [4.78, 5) is 6.78. The Morgan fingerprint density at radius 1 is 0.760 bits per heavy atom. The van der Waals surface area contributed by atoms with Crippen LogP contribution in [0.5, 0.6) is 0 Å². The van der Waals surface area contributed by atoms with Gasteiger partial charge in [-0.15, -0.1) is 0 Å². The van der Waals surface area contributed by atoms with E-state index in [-0.39, 0.29) is 0 Å². The van der Waals surface area contributed by atoms with Gasteiger partial charge >= 0.3 is 0 Å². The average molecular weight is 359 g/mol. The Morgan fingerprint density at radius 2 is 1.40 bits per heavy atom. The molecule has 0 rings (SSSR count). The number of hydrogen-bond donors (Lipinski definition) is 2. The Kier molecular flexibility index (Phi) is 18.8. The van der Waals surface area contributed by atoms with Gasteiger partial charge in [0.05, 0.1) is 19.8 Å². The number of nitrogens with zero attached hydrogens (tertiary/aromatic N) is 2. The second-order valence-corrected chi connectivity index (χ2v) is 6.20. The van der Waals surface area contributed by atoms with E-state index in [0.717, 1.165) is 45.0 Å². The molecule has 0 aromatic heterocycles. The first-order valence-electron chi connectivity index (χ1n) is 10.1. The molecule has 0 spiro atoms. The first-order valence-corrected chi connectivity index (χ1v) is 10.1. The first-order chi connectivity index (χ1) is 12.3. The summed E-state index contributed by atoms with van der Waals surface area (Å²) in [6.07, 6.45) is 5.87. The molecule has 6 heteroatoms. The van der Waals surface area contributed by atoms with E-state index < -0.39 is 0 Å². The Morgan fingerprint density at radius 3 is 2.00 bits per heavy atom. The second-order valence-electron chi connectivity index (χ2n) is 6.20. The van der Waals surface area contributed by atoms with E-state index in [9.17, 15) is 0 Å². The highest BCUT2D eigenvalue weighted by Crippen LogP contribution is 1.95. The number of aliphatic imine (C=N–C) groups is 1. The summed E-state index contributed by atoms with van der Waals surface area (Å²) in [5.74, 6) is 0.848. The van der Waals surface area contributed by atoms with Crippen molar-refractivity contribution in [1.29, 1.82) is 0 Å². The monoisotopic (exact) mass is 358 g/mol. The number of rotatable bonds is 17. The van der Waals surface area contributed by atoms with E-state index in [2.05, 4.69) is 41.3 Å². The molecule has 0 aromatic carbocycles. The molecule has 0 saturated carbocycles. The number of unbranched alkanes of at least 4 members (excludes halogenated alkanes) is 1. The lowest BCUT2D eigenvalue weighted by Crippen LogP contribution is -2.40. The van der Waals surface area contributed by atoms with Gasteiger partial charge in [-0.1, -0.05) is 27.2 Å². The van der Waals surface area contributed by atoms with Crippen molar-refractivity contribution in [2.45, 2.75) is 52.9 Å². The third-order valence-electron chi connectivity index (χ3n) is 3.80. The van der Waals surface area contributed by atoms with E-state index >= 15 is 0 Å². The number of nitrogens with one attached hydrogen (secondary N) is 2. The fourth-order valence-electron chi connectivity index (χ4n) is 2.51. The van der Waals surface area contributed by atoms with E-state index in [1.54, 1.807) is 7.05 Å². The van der Waals surface area contributed by atoms with Crippen LogP contribution in [0.3, 0.4) is 0 Å². The van der Waals surface area contributed by atoms with Crippen LogP contribution in [-0.2, 0) is 9.47 Å². The highest BCUT2D eigenvalue weighted by molar-refractivity contribution is 5.79. The van der Waals surface area contributed by atoms with Crippen LogP contribution < -0.4 is 10.6 Å². The quantitative estimate of drug-likeness (QED) is 0.238. The maximum atomic E-state index is 5.54. The van der Waals surface area contributed by atoms with Gasteiger partial charge in [-0.25, -0.2) is 0 Å². The molecule has 0 aliphatic rings. The Balaban J connectivity index is 3.56. The normalized spacial score (nSPS) is 12.0. The van der Waals surface area contributed by atoms with Crippen molar-refractivity contribution in [3.05, 3.63) is 0 Å². The zero-order valence-corrected chi connectivity index (χ0v) is 17.1. The third-order valence-corrected chi connectivity index (χ3v) is 3.80. The van der Waals surface area contributed by atoms with Crippen LogP contribution in [0.4, 0.5) is 0 Å². The molecule has 0 atom stereocenters. The standard InChI is InChI=1S/C19H42N4O2/c1-5-8-15-24-17-18-25-16-11-22-19(20-4)21-10-9-14-23(12-6-2)13-7-3/h5-18H2,1-4H3,(H2,20,21,22). The highest BCUT2D eigenvalue weighted by atomic mass is 16.5. The summed E-state index contributed by atoms with van der Waals surface area (Å²) in [6.45, 7) is 14.7. The van der Waals surface area contributed by atoms with Crippen LogP contribution in [0.1, 0.15) is 52.9 Å². The molecular weight excluding hydrogens is 316 g/mol. The molecule has 0 aliphatic carbocycles. The Bertz CT molecular complexity index is 295. The molecule has 6 nitrogen and oxygen atoms in total. The Hall–Kier alpha value is -0.850. The van der Waals surface area contributed by atoms with Gasteiger partial charge in [0.1, 0.15) is 0 Å². The van der Waals surface area contributed by atoms with Gasteiger partial charge in [-0.2, -0.15) is 0 Å². The summed E-state index contributed by atoms with van der Waals surface area (Å²) in [5, 5.41) is 6.64.